The Balaban J connectivity index is 2.05. The number of nitrogens with zero attached hydrogens (tertiary/aromatic N) is 1. The summed E-state index contributed by atoms with van der Waals surface area (Å²) in [7, 11) is 0. The van der Waals surface area contributed by atoms with Crippen LogP contribution in [-0.2, 0) is 9.53 Å². The number of amides is 1. The maximum atomic E-state index is 12.2. The molecule has 0 aliphatic heterocycles. The minimum absolute atomic E-state index is 0.0676. The first kappa shape index (κ1) is 20.4. The summed E-state index contributed by atoms with van der Waals surface area (Å²) in [4.78, 5) is 36.9. The van der Waals surface area contributed by atoms with Crippen LogP contribution in [-0.4, -0.2) is 49.8 Å². The van der Waals surface area contributed by atoms with Gasteiger partial charge in [0, 0.05) is 36.8 Å². The first-order valence-corrected chi connectivity index (χ1v) is 8.86. The highest BCUT2D eigenvalue weighted by Crippen LogP contribution is 2.21. The van der Waals surface area contributed by atoms with Gasteiger partial charge in [0.15, 0.2) is 0 Å². The maximum absolute atomic E-state index is 12.2. The molecule has 1 heterocycles. The predicted molar refractivity (Wildman–Crippen MR) is 101 cm³/mol. The van der Waals surface area contributed by atoms with Crippen molar-refractivity contribution in [3.05, 3.63) is 40.2 Å². The monoisotopic (exact) mass is 376 g/mol. The van der Waals surface area contributed by atoms with Crippen molar-refractivity contribution in [2.75, 3.05) is 37.7 Å². The number of ether oxygens (including phenoxy) is 1. The molecule has 1 aromatic heterocycles. The first-order valence-electron chi connectivity index (χ1n) is 8.86. The molecule has 0 saturated heterocycles. The van der Waals surface area contributed by atoms with E-state index >= 15 is 0 Å². The van der Waals surface area contributed by atoms with Crippen molar-refractivity contribution in [2.24, 2.45) is 0 Å². The number of rotatable bonds is 10. The molecule has 0 unspecified atom stereocenters. The zero-order chi connectivity index (χ0) is 19.8. The van der Waals surface area contributed by atoms with E-state index < -0.39 is 17.5 Å². The lowest BCUT2D eigenvalue weighted by molar-refractivity contribution is -0.138. The number of anilines is 1. The van der Waals surface area contributed by atoms with Crippen molar-refractivity contribution in [3.63, 3.8) is 0 Å². The molecule has 0 aliphatic carbocycles. The zero-order valence-corrected chi connectivity index (χ0v) is 15.5. The second kappa shape index (κ2) is 9.72. The fraction of sp³-hybridized carbons (Fsp3) is 0.421. The number of carboxylic acid groups (broad SMARTS) is 1. The number of aliphatic carboxylic acids is 1. The molecule has 8 heteroatoms. The Hall–Kier alpha value is -2.87. The van der Waals surface area contributed by atoms with Crippen molar-refractivity contribution in [2.45, 2.75) is 20.3 Å². The molecule has 0 radical (unpaired) electrons. The third-order valence-electron chi connectivity index (χ3n) is 4.08. The summed E-state index contributed by atoms with van der Waals surface area (Å²) in [5, 5.41) is 11.7. The Morgan fingerprint density at radius 3 is 2.59 bits per heavy atom. The van der Waals surface area contributed by atoms with Crippen molar-refractivity contribution in [3.8, 4) is 0 Å². The van der Waals surface area contributed by atoms with E-state index in [1.54, 1.807) is 6.07 Å². The van der Waals surface area contributed by atoms with Crippen molar-refractivity contribution in [1.82, 2.24) is 5.32 Å². The number of carbonyl (C=O) groups is 2. The fourth-order valence-corrected chi connectivity index (χ4v) is 2.64. The van der Waals surface area contributed by atoms with E-state index in [0.717, 1.165) is 18.8 Å². The van der Waals surface area contributed by atoms with Crippen LogP contribution in [0.15, 0.2) is 33.5 Å². The third-order valence-corrected chi connectivity index (χ3v) is 4.08. The average molecular weight is 376 g/mol. The van der Waals surface area contributed by atoms with Gasteiger partial charge in [-0.05, 0) is 32.0 Å². The van der Waals surface area contributed by atoms with Crippen LogP contribution >= 0.6 is 0 Å². The fourth-order valence-electron chi connectivity index (χ4n) is 2.64. The second-order valence-electron chi connectivity index (χ2n) is 5.85. The van der Waals surface area contributed by atoms with Crippen LogP contribution in [0.5, 0.6) is 0 Å². The van der Waals surface area contributed by atoms with Crippen LogP contribution in [0.1, 0.15) is 30.6 Å². The Morgan fingerprint density at radius 2 is 1.93 bits per heavy atom. The minimum atomic E-state index is -0.947. The molecule has 2 rings (SSSR count). The number of carbonyl (C=O) groups excluding carboxylic acids is 1. The smallest absolute Gasteiger partial charge is 0.349 e. The molecule has 27 heavy (non-hydrogen) atoms. The van der Waals surface area contributed by atoms with Crippen LogP contribution in [0, 0.1) is 0 Å². The van der Waals surface area contributed by atoms with E-state index in [9.17, 15) is 14.4 Å². The van der Waals surface area contributed by atoms with Crippen LogP contribution in [0.3, 0.4) is 0 Å². The van der Waals surface area contributed by atoms with Gasteiger partial charge in [0.05, 0.1) is 19.6 Å². The van der Waals surface area contributed by atoms with E-state index in [2.05, 4.69) is 10.2 Å². The predicted octanol–water partition coefficient (Wildman–Crippen LogP) is 1.86. The van der Waals surface area contributed by atoms with Gasteiger partial charge >= 0.3 is 11.6 Å². The lowest BCUT2D eigenvalue weighted by atomic mass is 10.1. The van der Waals surface area contributed by atoms with Gasteiger partial charge in [0.25, 0.3) is 5.91 Å². The minimum Gasteiger partial charge on any atom is -0.481 e. The topological polar surface area (TPSA) is 109 Å². The summed E-state index contributed by atoms with van der Waals surface area (Å²) in [6, 6.07) is 7.04. The molecule has 8 nitrogen and oxygen atoms in total. The van der Waals surface area contributed by atoms with E-state index in [-0.39, 0.29) is 31.7 Å². The summed E-state index contributed by atoms with van der Waals surface area (Å²) >= 11 is 0. The van der Waals surface area contributed by atoms with Crippen LogP contribution < -0.4 is 15.8 Å². The number of hydrogen-bond donors (Lipinski definition) is 2. The van der Waals surface area contributed by atoms with E-state index in [0.29, 0.717) is 11.0 Å². The first-order chi connectivity index (χ1) is 13.0. The largest absolute Gasteiger partial charge is 0.481 e. The highest BCUT2D eigenvalue weighted by molar-refractivity contribution is 5.96. The molecule has 1 aromatic carbocycles. The molecule has 0 saturated carbocycles. The lowest BCUT2D eigenvalue weighted by Crippen LogP contribution is -2.31. The molecule has 2 N–H and O–H groups in total. The van der Waals surface area contributed by atoms with Gasteiger partial charge in [-0.25, -0.2) is 4.79 Å². The molecule has 0 bridgehead atoms. The summed E-state index contributed by atoms with van der Waals surface area (Å²) in [5.74, 6) is -1.50. The summed E-state index contributed by atoms with van der Waals surface area (Å²) < 4.78 is 10.4. The van der Waals surface area contributed by atoms with Crippen molar-refractivity contribution < 1.29 is 23.8 Å². The standard InChI is InChI=1S/C19H24N2O6/c1-3-21(4-2)14-6-5-13-11-15(19(25)27-16(13)12-14)18(24)20-8-10-26-9-7-17(22)23/h5-6,11-12H,3-4,7-10H2,1-2H3,(H,20,24)(H,22,23). The number of hydrogen-bond acceptors (Lipinski definition) is 6. The summed E-state index contributed by atoms with van der Waals surface area (Å²) in [6.07, 6.45) is -0.0995. The maximum Gasteiger partial charge on any atom is 0.349 e. The average Bonchev–Trinajstić information content (AvgIpc) is 2.64. The number of fused-ring (bicyclic) bond motifs is 1. The second-order valence-corrected chi connectivity index (χ2v) is 5.85. The van der Waals surface area contributed by atoms with E-state index in [1.165, 1.54) is 6.07 Å². The summed E-state index contributed by atoms with van der Waals surface area (Å²) in [6.45, 7) is 6.15. The Bertz CT molecular complexity index is 857. The normalized spacial score (nSPS) is 10.7. The highest BCUT2D eigenvalue weighted by atomic mass is 16.5. The van der Waals surface area contributed by atoms with Gasteiger partial charge in [0.2, 0.25) is 0 Å². The molecule has 0 aliphatic rings. The molecule has 146 valence electrons. The van der Waals surface area contributed by atoms with Gasteiger partial charge in [-0.15, -0.1) is 0 Å². The Morgan fingerprint density at radius 1 is 1.19 bits per heavy atom. The number of nitrogens with one attached hydrogen (secondary N) is 1. The van der Waals surface area contributed by atoms with Crippen molar-refractivity contribution >= 4 is 28.5 Å². The molecule has 0 atom stereocenters. The van der Waals surface area contributed by atoms with Crippen LogP contribution in [0.25, 0.3) is 11.0 Å². The lowest BCUT2D eigenvalue weighted by Gasteiger charge is -2.21. The Labute approximate surface area is 156 Å². The molecule has 1 amide bonds. The molecular weight excluding hydrogens is 352 g/mol. The van der Waals surface area contributed by atoms with Gasteiger partial charge < -0.3 is 24.5 Å². The van der Waals surface area contributed by atoms with E-state index in [4.69, 9.17) is 14.3 Å². The SMILES string of the molecule is CCN(CC)c1ccc2cc(C(=O)NCCOCCC(=O)O)c(=O)oc2c1. The zero-order valence-electron chi connectivity index (χ0n) is 15.5. The van der Waals surface area contributed by atoms with Gasteiger partial charge in [0.1, 0.15) is 11.1 Å². The van der Waals surface area contributed by atoms with Gasteiger partial charge in [-0.1, -0.05) is 0 Å². The Kier molecular flexibility index (Phi) is 7.36. The van der Waals surface area contributed by atoms with Gasteiger partial charge in [-0.3, -0.25) is 9.59 Å². The third kappa shape index (κ3) is 5.55. The van der Waals surface area contributed by atoms with E-state index in [1.807, 2.05) is 26.0 Å². The quantitative estimate of drug-likeness (QED) is 0.481. The van der Waals surface area contributed by atoms with Crippen LogP contribution in [0.2, 0.25) is 0 Å². The number of benzene rings is 1. The highest BCUT2D eigenvalue weighted by Gasteiger charge is 2.14. The van der Waals surface area contributed by atoms with Gasteiger partial charge in [-0.2, -0.15) is 0 Å². The van der Waals surface area contributed by atoms with Crippen molar-refractivity contribution in [1.29, 1.82) is 0 Å². The summed E-state index contributed by atoms with van der Waals surface area (Å²) in [5.41, 5.74) is 0.594. The number of carboxylic acids is 1. The van der Waals surface area contributed by atoms with Crippen LogP contribution in [0.4, 0.5) is 5.69 Å². The molecule has 0 fully saturated rings. The molecular formula is C19H24N2O6. The molecule has 0 spiro atoms. The molecule has 2 aromatic rings.